The molecule has 0 atom stereocenters. The molecule has 0 N–H and O–H groups in total. The zero-order valence-corrected chi connectivity index (χ0v) is 15.1. The van der Waals surface area contributed by atoms with Gasteiger partial charge in [-0.2, -0.15) is 0 Å². The van der Waals surface area contributed by atoms with Gasteiger partial charge in [-0.15, -0.1) is 0 Å². The van der Waals surface area contributed by atoms with Gasteiger partial charge in [-0.1, -0.05) is 6.07 Å². The molecule has 1 amide bonds. The Bertz CT molecular complexity index is 846. The fourth-order valence-electron chi connectivity index (χ4n) is 3.22. The molecule has 0 radical (unpaired) electrons. The van der Waals surface area contributed by atoms with Crippen LogP contribution in [0.15, 0.2) is 42.6 Å². The smallest absolute Gasteiger partial charge is 0.246 e. The van der Waals surface area contributed by atoms with E-state index in [2.05, 4.69) is 9.88 Å². The average molecular weight is 367 g/mol. The summed E-state index contributed by atoms with van der Waals surface area (Å²) in [6.45, 7) is 3.07. The van der Waals surface area contributed by atoms with Crippen molar-refractivity contribution in [1.29, 1.82) is 0 Å². The van der Waals surface area contributed by atoms with Crippen LogP contribution in [-0.2, 0) is 4.79 Å². The number of anilines is 1. The van der Waals surface area contributed by atoms with Crippen molar-refractivity contribution >= 4 is 17.8 Å². The van der Waals surface area contributed by atoms with Crippen LogP contribution in [0.2, 0.25) is 0 Å². The van der Waals surface area contributed by atoms with Crippen LogP contribution in [0.25, 0.3) is 6.08 Å². The number of carbonyl (C=O) groups is 1. The Morgan fingerprint density at radius 1 is 1.19 bits per heavy atom. The molecule has 4 rings (SSSR count). The number of methoxy groups -OCH3 is 1. The normalized spacial score (nSPS) is 16.0. The summed E-state index contributed by atoms with van der Waals surface area (Å²) in [5.41, 5.74) is 0.830. The number of benzene rings is 1. The predicted molar refractivity (Wildman–Crippen MR) is 101 cm³/mol. The van der Waals surface area contributed by atoms with Gasteiger partial charge < -0.3 is 24.0 Å². The van der Waals surface area contributed by atoms with E-state index in [0.717, 1.165) is 24.5 Å². The van der Waals surface area contributed by atoms with E-state index in [9.17, 15) is 4.79 Å². The van der Waals surface area contributed by atoms with E-state index in [1.54, 1.807) is 25.5 Å². The summed E-state index contributed by atoms with van der Waals surface area (Å²) in [5, 5.41) is 0. The topological polar surface area (TPSA) is 64.1 Å². The zero-order valence-electron chi connectivity index (χ0n) is 15.1. The number of pyridine rings is 1. The maximum atomic E-state index is 12.5. The minimum absolute atomic E-state index is 0.00713. The second kappa shape index (κ2) is 7.57. The van der Waals surface area contributed by atoms with E-state index in [0.29, 0.717) is 30.3 Å². The van der Waals surface area contributed by atoms with Crippen LogP contribution in [0.3, 0.4) is 0 Å². The molecule has 0 bridgehead atoms. The van der Waals surface area contributed by atoms with E-state index in [4.69, 9.17) is 14.2 Å². The highest BCUT2D eigenvalue weighted by molar-refractivity contribution is 5.92. The molecule has 2 aliphatic heterocycles. The zero-order chi connectivity index (χ0) is 18.6. The van der Waals surface area contributed by atoms with Crippen molar-refractivity contribution in [1.82, 2.24) is 9.88 Å². The van der Waals surface area contributed by atoms with Gasteiger partial charge in [0.25, 0.3) is 0 Å². The number of nitrogens with zero attached hydrogens (tertiary/aromatic N) is 3. The van der Waals surface area contributed by atoms with Crippen LogP contribution in [0.4, 0.5) is 5.82 Å². The minimum atomic E-state index is -0.00713. The SMILES string of the molecule is COc1cc(/C=C/C(=O)N2CCN(c3ccccn3)CC2)cc2c1OCO2. The fraction of sp³-hybridized carbons (Fsp3) is 0.300. The molecule has 1 fully saturated rings. The van der Waals surface area contributed by atoms with Crippen molar-refractivity contribution in [3.05, 3.63) is 48.2 Å². The van der Waals surface area contributed by atoms with Gasteiger partial charge in [-0.25, -0.2) is 4.98 Å². The number of hydrogen-bond donors (Lipinski definition) is 0. The second-order valence-corrected chi connectivity index (χ2v) is 6.29. The number of fused-ring (bicyclic) bond motifs is 1. The van der Waals surface area contributed by atoms with E-state index in [1.165, 1.54) is 0 Å². The molecule has 7 heteroatoms. The van der Waals surface area contributed by atoms with Crippen molar-refractivity contribution in [2.75, 3.05) is 45.0 Å². The first-order valence-electron chi connectivity index (χ1n) is 8.85. The molecule has 0 spiro atoms. The first-order chi connectivity index (χ1) is 13.2. The molecule has 1 saturated heterocycles. The number of aromatic nitrogens is 1. The molecule has 140 valence electrons. The van der Waals surface area contributed by atoms with Gasteiger partial charge in [-0.3, -0.25) is 4.79 Å². The number of hydrogen-bond acceptors (Lipinski definition) is 6. The monoisotopic (exact) mass is 367 g/mol. The van der Waals surface area contributed by atoms with Crippen molar-refractivity contribution in [2.24, 2.45) is 0 Å². The lowest BCUT2D eigenvalue weighted by Crippen LogP contribution is -2.48. The number of rotatable bonds is 4. The Hall–Kier alpha value is -3.22. The van der Waals surface area contributed by atoms with Gasteiger partial charge >= 0.3 is 0 Å². The Kier molecular flexibility index (Phi) is 4.82. The Balaban J connectivity index is 1.39. The quantitative estimate of drug-likeness (QED) is 0.772. The van der Waals surface area contributed by atoms with E-state index >= 15 is 0 Å². The third-order valence-electron chi connectivity index (χ3n) is 4.66. The summed E-state index contributed by atoms with van der Waals surface area (Å²) in [5.74, 6) is 2.78. The molecule has 0 saturated carbocycles. The maximum absolute atomic E-state index is 12.5. The lowest BCUT2D eigenvalue weighted by atomic mass is 10.1. The third kappa shape index (κ3) is 3.67. The molecule has 1 aromatic heterocycles. The van der Waals surface area contributed by atoms with Crippen molar-refractivity contribution < 1.29 is 19.0 Å². The van der Waals surface area contributed by atoms with Crippen LogP contribution >= 0.6 is 0 Å². The van der Waals surface area contributed by atoms with Crippen LogP contribution in [0.5, 0.6) is 17.2 Å². The van der Waals surface area contributed by atoms with Gasteiger partial charge in [0.05, 0.1) is 7.11 Å². The summed E-state index contributed by atoms with van der Waals surface area (Å²) < 4.78 is 16.1. The van der Waals surface area contributed by atoms with Gasteiger partial charge in [0.1, 0.15) is 5.82 Å². The first-order valence-corrected chi connectivity index (χ1v) is 8.85. The van der Waals surface area contributed by atoms with E-state index in [1.807, 2.05) is 35.2 Å². The van der Waals surface area contributed by atoms with Gasteiger partial charge in [0.2, 0.25) is 18.4 Å². The highest BCUT2D eigenvalue weighted by atomic mass is 16.7. The molecule has 2 aliphatic rings. The maximum Gasteiger partial charge on any atom is 0.246 e. The highest BCUT2D eigenvalue weighted by Gasteiger charge is 2.21. The Morgan fingerprint density at radius 2 is 2.04 bits per heavy atom. The molecule has 3 heterocycles. The van der Waals surface area contributed by atoms with Crippen LogP contribution in [-0.4, -0.2) is 55.9 Å². The summed E-state index contributed by atoms with van der Waals surface area (Å²) in [6.07, 6.45) is 5.15. The fourth-order valence-corrected chi connectivity index (χ4v) is 3.22. The lowest BCUT2D eigenvalue weighted by Gasteiger charge is -2.34. The molecule has 7 nitrogen and oxygen atoms in total. The van der Waals surface area contributed by atoms with Crippen LogP contribution in [0.1, 0.15) is 5.56 Å². The third-order valence-corrected chi connectivity index (χ3v) is 4.66. The van der Waals surface area contributed by atoms with Crippen molar-refractivity contribution in [3.8, 4) is 17.2 Å². The second-order valence-electron chi connectivity index (χ2n) is 6.29. The van der Waals surface area contributed by atoms with Gasteiger partial charge in [-0.05, 0) is 35.9 Å². The van der Waals surface area contributed by atoms with Crippen LogP contribution < -0.4 is 19.1 Å². The first kappa shape index (κ1) is 17.2. The van der Waals surface area contributed by atoms with Gasteiger partial charge in [0, 0.05) is 38.5 Å². The van der Waals surface area contributed by atoms with Crippen LogP contribution in [0, 0.1) is 0 Å². The highest BCUT2D eigenvalue weighted by Crippen LogP contribution is 2.42. The van der Waals surface area contributed by atoms with E-state index in [-0.39, 0.29) is 12.7 Å². The number of ether oxygens (including phenoxy) is 3. The summed E-state index contributed by atoms with van der Waals surface area (Å²) in [4.78, 5) is 20.9. The Labute approximate surface area is 157 Å². The average Bonchev–Trinajstić information content (AvgIpc) is 3.21. The largest absolute Gasteiger partial charge is 0.493 e. The minimum Gasteiger partial charge on any atom is -0.493 e. The molecule has 1 aromatic carbocycles. The molecule has 27 heavy (non-hydrogen) atoms. The van der Waals surface area contributed by atoms with Crippen molar-refractivity contribution in [3.63, 3.8) is 0 Å². The predicted octanol–water partition coefficient (Wildman–Crippen LogP) is 2.18. The molecular weight excluding hydrogens is 346 g/mol. The number of amides is 1. The van der Waals surface area contributed by atoms with Crippen molar-refractivity contribution in [2.45, 2.75) is 0 Å². The Morgan fingerprint density at radius 3 is 2.78 bits per heavy atom. The van der Waals surface area contributed by atoms with E-state index < -0.39 is 0 Å². The molecule has 0 aliphatic carbocycles. The summed E-state index contributed by atoms with van der Waals surface area (Å²) in [6, 6.07) is 9.54. The number of piperazine rings is 1. The summed E-state index contributed by atoms with van der Waals surface area (Å²) >= 11 is 0. The summed E-state index contributed by atoms with van der Waals surface area (Å²) in [7, 11) is 1.58. The molecule has 0 unspecified atom stereocenters. The lowest BCUT2D eigenvalue weighted by molar-refractivity contribution is -0.126. The van der Waals surface area contributed by atoms with Gasteiger partial charge in [0.15, 0.2) is 11.5 Å². The number of carbonyl (C=O) groups excluding carboxylic acids is 1. The standard InChI is InChI=1S/C20H21N3O4/c1-25-16-12-15(13-17-20(16)27-14-26-17)5-6-19(24)23-10-8-22(9-11-23)18-4-2-3-7-21-18/h2-7,12-13H,8-11,14H2,1H3/b6-5+. The molecular formula is C20H21N3O4. The molecule has 2 aromatic rings.